The second kappa shape index (κ2) is 8.37. The number of hydrogen-bond acceptors (Lipinski definition) is 4. The number of fused-ring (bicyclic) bond motifs is 1. The number of benzene rings is 3. The van der Waals surface area contributed by atoms with Gasteiger partial charge in [-0.2, -0.15) is 0 Å². The quantitative estimate of drug-likeness (QED) is 0.430. The molecule has 1 unspecified atom stereocenters. The van der Waals surface area contributed by atoms with E-state index in [-0.39, 0.29) is 10.9 Å². The van der Waals surface area contributed by atoms with Crippen molar-refractivity contribution in [2.75, 3.05) is 0 Å². The lowest BCUT2D eigenvalue weighted by Crippen LogP contribution is -2.31. The van der Waals surface area contributed by atoms with Crippen molar-refractivity contribution in [3.8, 4) is 22.4 Å². The molecule has 0 fully saturated rings. The largest absolute Gasteiger partial charge is 0.360 e. The van der Waals surface area contributed by atoms with Gasteiger partial charge in [0.2, 0.25) is 10.0 Å². The number of sulfonamides is 1. The highest BCUT2D eigenvalue weighted by atomic mass is 32.2. The SMILES string of the molecule is Cc1onc(-c2ccccc2)c1-c1ccc(S(=O)(=O)NC2CCCc3ccccc32)cc1. The van der Waals surface area contributed by atoms with E-state index in [0.717, 1.165) is 47.2 Å². The zero-order valence-corrected chi connectivity index (χ0v) is 18.6. The first kappa shape index (κ1) is 20.7. The third kappa shape index (κ3) is 3.87. The molecule has 0 saturated heterocycles. The molecule has 0 spiro atoms. The first-order valence-corrected chi connectivity index (χ1v) is 12.2. The third-order valence-electron chi connectivity index (χ3n) is 6.03. The molecule has 5 nitrogen and oxygen atoms in total. The fraction of sp³-hybridized carbons (Fsp3) is 0.192. The monoisotopic (exact) mass is 444 g/mol. The van der Waals surface area contributed by atoms with Crippen molar-refractivity contribution in [1.82, 2.24) is 9.88 Å². The number of nitrogens with zero attached hydrogens (tertiary/aromatic N) is 1. The molecule has 1 aliphatic rings. The Balaban J connectivity index is 1.43. The summed E-state index contributed by atoms with van der Waals surface area (Å²) in [7, 11) is -3.65. The van der Waals surface area contributed by atoms with Crippen LogP contribution in [0.5, 0.6) is 0 Å². The van der Waals surface area contributed by atoms with Gasteiger partial charge in [-0.1, -0.05) is 71.9 Å². The van der Waals surface area contributed by atoms with E-state index in [1.54, 1.807) is 12.1 Å². The average molecular weight is 445 g/mol. The average Bonchev–Trinajstić information content (AvgIpc) is 3.21. The summed E-state index contributed by atoms with van der Waals surface area (Å²) in [6, 6.07) is 24.6. The van der Waals surface area contributed by atoms with Gasteiger partial charge in [0, 0.05) is 11.6 Å². The summed E-state index contributed by atoms with van der Waals surface area (Å²) in [6.07, 6.45) is 2.76. The van der Waals surface area contributed by atoms with E-state index in [9.17, 15) is 8.42 Å². The highest BCUT2D eigenvalue weighted by molar-refractivity contribution is 7.89. The lowest BCUT2D eigenvalue weighted by Gasteiger charge is -2.26. The van der Waals surface area contributed by atoms with Crippen LogP contribution >= 0.6 is 0 Å². The minimum atomic E-state index is -3.65. The Morgan fingerprint density at radius 2 is 1.62 bits per heavy atom. The molecule has 0 radical (unpaired) electrons. The third-order valence-corrected chi connectivity index (χ3v) is 7.52. The second-order valence-corrected chi connectivity index (χ2v) is 9.83. The summed E-state index contributed by atoms with van der Waals surface area (Å²) in [5.74, 6) is 0.691. The minimum Gasteiger partial charge on any atom is -0.360 e. The molecule has 32 heavy (non-hydrogen) atoms. The molecule has 162 valence electrons. The van der Waals surface area contributed by atoms with Gasteiger partial charge in [0.15, 0.2) is 0 Å². The molecule has 0 saturated carbocycles. The Hall–Kier alpha value is -3.22. The molecule has 1 atom stereocenters. The topological polar surface area (TPSA) is 72.2 Å². The van der Waals surface area contributed by atoms with E-state index in [1.807, 2.05) is 67.6 Å². The van der Waals surface area contributed by atoms with E-state index in [2.05, 4.69) is 15.9 Å². The zero-order chi connectivity index (χ0) is 22.1. The van der Waals surface area contributed by atoms with Crippen LogP contribution in [0.15, 0.2) is 88.3 Å². The molecule has 1 aromatic heterocycles. The van der Waals surface area contributed by atoms with Crippen LogP contribution in [0.3, 0.4) is 0 Å². The van der Waals surface area contributed by atoms with Crippen LogP contribution in [0.1, 0.15) is 35.8 Å². The van der Waals surface area contributed by atoms with Gasteiger partial charge in [0.05, 0.1) is 10.5 Å². The number of aryl methyl sites for hydroxylation is 2. The van der Waals surface area contributed by atoms with Gasteiger partial charge in [-0.3, -0.25) is 0 Å². The van der Waals surface area contributed by atoms with Crippen LogP contribution in [0.4, 0.5) is 0 Å². The Bertz CT molecular complexity index is 1340. The fourth-order valence-electron chi connectivity index (χ4n) is 4.44. The van der Waals surface area contributed by atoms with Crippen molar-refractivity contribution in [3.05, 3.63) is 95.7 Å². The molecule has 1 aliphatic carbocycles. The summed E-state index contributed by atoms with van der Waals surface area (Å²) in [6.45, 7) is 1.86. The Morgan fingerprint density at radius 3 is 2.41 bits per heavy atom. The second-order valence-electron chi connectivity index (χ2n) is 8.12. The molecule has 0 amide bonds. The van der Waals surface area contributed by atoms with Gasteiger partial charge in [-0.05, 0) is 55.0 Å². The van der Waals surface area contributed by atoms with E-state index < -0.39 is 10.0 Å². The predicted octanol–water partition coefficient (Wildman–Crippen LogP) is 5.67. The molecule has 6 heteroatoms. The summed E-state index contributed by atoms with van der Waals surface area (Å²) < 4.78 is 34.6. The number of hydrogen-bond donors (Lipinski definition) is 1. The van der Waals surface area contributed by atoms with E-state index in [0.29, 0.717) is 5.76 Å². The van der Waals surface area contributed by atoms with E-state index in [1.165, 1.54) is 5.56 Å². The maximum Gasteiger partial charge on any atom is 0.241 e. The van der Waals surface area contributed by atoms with Crippen LogP contribution in [-0.4, -0.2) is 13.6 Å². The van der Waals surface area contributed by atoms with Crippen molar-refractivity contribution >= 4 is 10.0 Å². The molecule has 1 heterocycles. The van der Waals surface area contributed by atoms with Gasteiger partial charge >= 0.3 is 0 Å². The standard InChI is InChI=1S/C26H24N2O3S/c1-18-25(26(27-31-18)21-9-3-2-4-10-21)20-14-16-22(17-15-20)32(29,30)28-24-13-7-11-19-8-5-6-12-23(19)24/h2-6,8-10,12,14-17,24,28H,7,11,13H2,1H3. The molecule has 1 N–H and O–H groups in total. The summed E-state index contributed by atoms with van der Waals surface area (Å²) in [4.78, 5) is 0.250. The van der Waals surface area contributed by atoms with Crippen LogP contribution in [0, 0.1) is 6.92 Å². The summed E-state index contributed by atoms with van der Waals surface area (Å²) in [5, 5.41) is 4.23. The van der Waals surface area contributed by atoms with Gasteiger partial charge in [-0.25, -0.2) is 13.1 Å². The number of rotatable bonds is 5. The Labute approximate surface area is 188 Å². The first-order valence-electron chi connectivity index (χ1n) is 10.8. The first-order chi connectivity index (χ1) is 15.5. The van der Waals surface area contributed by atoms with E-state index in [4.69, 9.17) is 4.52 Å². The molecule has 5 rings (SSSR count). The molecule has 0 bridgehead atoms. The van der Waals surface area contributed by atoms with Gasteiger partial charge < -0.3 is 4.52 Å². The van der Waals surface area contributed by atoms with Crippen molar-refractivity contribution in [2.45, 2.75) is 37.1 Å². The van der Waals surface area contributed by atoms with Crippen LogP contribution in [-0.2, 0) is 16.4 Å². The summed E-state index contributed by atoms with van der Waals surface area (Å²) in [5.41, 5.74) is 5.73. The molecule has 0 aliphatic heterocycles. The Kier molecular flexibility index (Phi) is 5.41. The zero-order valence-electron chi connectivity index (χ0n) is 17.8. The minimum absolute atomic E-state index is 0.199. The predicted molar refractivity (Wildman–Crippen MR) is 125 cm³/mol. The lowest BCUT2D eigenvalue weighted by molar-refractivity contribution is 0.400. The maximum absolute atomic E-state index is 13.1. The molecular weight excluding hydrogens is 420 g/mol. The summed E-state index contributed by atoms with van der Waals surface area (Å²) >= 11 is 0. The normalized spacial score (nSPS) is 16.0. The molecule has 3 aromatic carbocycles. The highest BCUT2D eigenvalue weighted by Crippen LogP contribution is 2.35. The molecule has 4 aromatic rings. The Morgan fingerprint density at radius 1 is 0.906 bits per heavy atom. The van der Waals surface area contributed by atoms with Crippen LogP contribution < -0.4 is 4.72 Å². The number of aromatic nitrogens is 1. The van der Waals surface area contributed by atoms with E-state index >= 15 is 0 Å². The lowest BCUT2D eigenvalue weighted by atomic mass is 9.88. The van der Waals surface area contributed by atoms with Crippen molar-refractivity contribution in [2.24, 2.45) is 0 Å². The van der Waals surface area contributed by atoms with Crippen molar-refractivity contribution in [3.63, 3.8) is 0 Å². The highest BCUT2D eigenvalue weighted by Gasteiger charge is 2.26. The maximum atomic E-state index is 13.1. The number of nitrogens with one attached hydrogen (secondary N) is 1. The smallest absolute Gasteiger partial charge is 0.241 e. The molecular formula is C26H24N2O3S. The van der Waals surface area contributed by atoms with Crippen molar-refractivity contribution in [1.29, 1.82) is 0 Å². The van der Waals surface area contributed by atoms with Crippen LogP contribution in [0.25, 0.3) is 22.4 Å². The fourth-order valence-corrected chi connectivity index (χ4v) is 5.69. The van der Waals surface area contributed by atoms with Gasteiger partial charge in [0.1, 0.15) is 11.5 Å². The van der Waals surface area contributed by atoms with Gasteiger partial charge in [-0.15, -0.1) is 0 Å². The van der Waals surface area contributed by atoms with Gasteiger partial charge in [0.25, 0.3) is 0 Å². The van der Waals surface area contributed by atoms with Crippen LogP contribution in [0.2, 0.25) is 0 Å². The van der Waals surface area contributed by atoms with Crippen molar-refractivity contribution < 1.29 is 12.9 Å².